The molecule has 0 spiro atoms. The Kier molecular flexibility index (Phi) is 4.80. The molecule has 5 nitrogen and oxygen atoms in total. The molecular formula is C21H22N2O3. The minimum atomic E-state index is -0.322. The number of benzene rings is 2. The summed E-state index contributed by atoms with van der Waals surface area (Å²) in [5, 5.41) is 0. The van der Waals surface area contributed by atoms with Crippen LogP contribution in [-0.2, 0) is 0 Å². The normalized spacial score (nSPS) is 12.0. The van der Waals surface area contributed by atoms with Crippen molar-refractivity contribution in [3.63, 3.8) is 0 Å². The summed E-state index contributed by atoms with van der Waals surface area (Å²) in [7, 11) is 1.61. The van der Waals surface area contributed by atoms with Crippen LogP contribution in [0.1, 0.15) is 35.9 Å². The molecule has 0 aliphatic heterocycles. The summed E-state index contributed by atoms with van der Waals surface area (Å²) in [5.41, 5.74) is 2.92. The topological polar surface area (TPSA) is 53.2 Å². The summed E-state index contributed by atoms with van der Waals surface area (Å²) in [6, 6.07) is 17.1. The summed E-state index contributed by atoms with van der Waals surface area (Å²) in [6.45, 7) is 5.17. The van der Waals surface area contributed by atoms with Crippen molar-refractivity contribution < 1.29 is 9.53 Å². The fourth-order valence-electron chi connectivity index (χ4n) is 3.33. The highest BCUT2D eigenvalue weighted by Crippen LogP contribution is 2.29. The van der Waals surface area contributed by atoms with Gasteiger partial charge in [0.15, 0.2) is 0 Å². The van der Waals surface area contributed by atoms with Gasteiger partial charge in [-0.25, -0.2) is 9.36 Å². The average molecular weight is 350 g/mol. The smallest absolute Gasteiger partial charge is 0.336 e. The van der Waals surface area contributed by atoms with Crippen molar-refractivity contribution in [3.8, 4) is 17.0 Å². The molecule has 0 bridgehead atoms. The summed E-state index contributed by atoms with van der Waals surface area (Å²) in [6.07, 6.45) is 0. The predicted octanol–water partition coefficient (Wildman–Crippen LogP) is 3.90. The molecule has 3 aromatic rings. The van der Waals surface area contributed by atoms with E-state index in [9.17, 15) is 9.59 Å². The summed E-state index contributed by atoms with van der Waals surface area (Å²) >= 11 is 0. The monoisotopic (exact) mass is 350 g/mol. The van der Waals surface area contributed by atoms with Gasteiger partial charge < -0.3 is 4.74 Å². The number of carbonyl (C=O) groups excluding carboxylic acids is 1. The number of rotatable bonds is 4. The van der Waals surface area contributed by atoms with Crippen LogP contribution in [0.15, 0.2) is 59.4 Å². The third-order valence-electron chi connectivity index (χ3n) is 4.66. The second-order valence-corrected chi connectivity index (χ2v) is 6.26. The van der Waals surface area contributed by atoms with Crippen molar-refractivity contribution in [2.75, 3.05) is 7.11 Å². The molecule has 0 radical (unpaired) electrons. The largest absolute Gasteiger partial charge is 0.497 e. The molecule has 3 rings (SSSR count). The molecule has 1 atom stereocenters. The van der Waals surface area contributed by atoms with Crippen molar-refractivity contribution in [2.24, 2.45) is 0 Å². The van der Waals surface area contributed by atoms with Crippen LogP contribution in [-0.4, -0.2) is 22.2 Å². The van der Waals surface area contributed by atoms with Gasteiger partial charge in [-0.05, 0) is 43.7 Å². The summed E-state index contributed by atoms with van der Waals surface area (Å²) < 4.78 is 8.15. The molecule has 0 aliphatic rings. The second kappa shape index (κ2) is 7.04. The second-order valence-electron chi connectivity index (χ2n) is 6.26. The minimum absolute atomic E-state index is 0.208. The molecule has 2 aromatic carbocycles. The Balaban J connectivity index is 2.26. The van der Waals surface area contributed by atoms with Gasteiger partial charge >= 0.3 is 5.69 Å². The molecule has 1 aromatic heterocycles. The van der Waals surface area contributed by atoms with Crippen molar-refractivity contribution in [2.45, 2.75) is 26.8 Å². The van der Waals surface area contributed by atoms with Crippen LogP contribution in [0.3, 0.4) is 0 Å². The van der Waals surface area contributed by atoms with Crippen molar-refractivity contribution in [3.05, 3.63) is 76.3 Å². The van der Waals surface area contributed by atoms with Gasteiger partial charge in [0.1, 0.15) is 5.75 Å². The molecule has 0 amide bonds. The fraction of sp³-hybridized carbons (Fsp3) is 0.238. The van der Waals surface area contributed by atoms with Gasteiger partial charge in [-0.15, -0.1) is 0 Å². The van der Waals surface area contributed by atoms with Crippen molar-refractivity contribution >= 4 is 5.91 Å². The van der Waals surface area contributed by atoms with Gasteiger partial charge in [-0.2, -0.15) is 0 Å². The van der Waals surface area contributed by atoms with E-state index in [1.807, 2.05) is 61.5 Å². The lowest BCUT2D eigenvalue weighted by Gasteiger charge is -2.17. The lowest BCUT2D eigenvalue weighted by atomic mass is 10.1. The first-order chi connectivity index (χ1) is 12.5. The number of imidazole rings is 1. The average Bonchev–Trinajstić information content (AvgIpc) is 2.92. The van der Waals surface area contributed by atoms with Crippen molar-refractivity contribution in [1.29, 1.82) is 0 Å². The highest BCUT2D eigenvalue weighted by molar-refractivity contribution is 5.79. The highest BCUT2D eigenvalue weighted by atomic mass is 16.5. The van der Waals surface area contributed by atoms with Crippen LogP contribution in [0.2, 0.25) is 0 Å². The van der Waals surface area contributed by atoms with E-state index in [1.165, 1.54) is 11.5 Å². The highest BCUT2D eigenvalue weighted by Gasteiger charge is 2.24. The van der Waals surface area contributed by atoms with E-state index in [-0.39, 0.29) is 17.6 Å². The van der Waals surface area contributed by atoms with E-state index >= 15 is 0 Å². The van der Waals surface area contributed by atoms with Gasteiger partial charge in [0, 0.05) is 12.5 Å². The number of nitrogens with zero attached hydrogens (tertiary/aromatic N) is 2. The molecule has 134 valence electrons. The molecule has 26 heavy (non-hydrogen) atoms. The molecular weight excluding hydrogens is 328 g/mol. The van der Waals surface area contributed by atoms with Gasteiger partial charge in [0.25, 0.3) is 0 Å². The number of carbonyl (C=O) groups is 1. The zero-order valence-corrected chi connectivity index (χ0v) is 15.4. The third kappa shape index (κ3) is 2.96. The lowest BCUT2D eigenvalue weighted by molar-refractivity contribution is 0.0929. The Labute approximate surface area is 152 Å². The molecule has 1 heterocycles. The first-order valence-corrected chi connectivity index (χ1v) is 8.49. The number of aromatic nitrogens is 2. The molecule has 0 saturated carbocycles. The number of hydrogen-bond donors (Lipinski definition) is 0. The zero-order valence-electron chi connectivity index (χ0n) is 15.4. The maximum Gasteiger partial charge on any atom is 0.336 e. The number of ether oxygens (including phenoxy) is 1. The van der Waals surface area contributed by atoms with E-state index in [4.69, 9.17) is 4.74 Å². The SMILES string of the molecule is COc1ccc(-c2c(C)n(C(C)=O)c(=O)n2[C@@H](C)c2ccccc2)cc1. The van der Waals surface area contributed by atoms with Crippen LogP contribution >= 0.6 is 0 Å². The Bertz CT molecular complexity index is 983. The Morgan fingerprint density at radius 1 is 1.04 bits per heavy atom. The quantitative estimate of drug-likeness (QED) is 0.717. The molecule has 5 heteroatoms. The van der Waals surface area contributed by atoms with E-state index in [2.05, 4.69) is 0 Å². The lowest BCUT2D eigenvalue weighted by Crippen LogP contribution is -2.30. The Morgan fingerprint density at radius 3 is 2.19 bits per heavy atom. The molecule has 0 aliphatic carbocycles. The van der Waals surface area contributed by atoms with E-state index in [1.54, 1.807) is 18.6 Å². The molecule has 0 unspecified atom stereocenters. The summed E-state index contributed by atoms with van der Waals surface area (Å²) in [5.74, 6) is 0.448. The first kappa shape index (κ1) is 17.7. The maximum atomic E-state index is 13.0. The molecule has 0 N–H and O–H groups in total. The third-order valence-corrected chi connectivity index (χ3v) is 4.66. The fourth-order valence-corrected chi connectivity index (χ4v) is 3.33. The van der Waals surface area contributed by atoms with E-state index < -0.39 is 0 Å². The minimum Gasteiger partial charge on any atom is -0.497 e. The summed E-state index contributed by atoms with van der Waals surface area (Å²) in [4.78, 5) is 25.1. The van der Waals surface area contributed by atoms with E-state index in [0.29, 0.717) is 5.69 Å². The van der Waals surface area contributed by atoms with Crippen LogP contribution in [0.25, 0.3) is 11.3 Å². The van der Waals surface area contributed by atoms with Gasteiger partial charge in [-0.1, -0.05) is 30.3 Å². The van der Waals surface area contributed by atoms with Crippen LogP contribution in [0.4, 0.5) is 0 Å². The Hall–Kier alpha value is -3.08. The van der Waals surface area contributed by atoms with Crippen molar-refractivity contribution in [1.82, 2.24) is 9.13 Å². The van der Waals surface area contributed by atoms with Crippen LogP contribution in [0.5, 0.6) is 5.75 Å². The van der Waals surface area contributed by atoms with Gasteiger partial charge in [0.2, 0.25) is 5.91 Å². The predicted molar refractivity (Wildman–Crippen MR) is 102 cm³/mol. The maximum absolute atomic E-state index is 13.0. The number of hydrogen-bond acceptors (Lipinski definition) is 3. The molecule has 0 saturated heterocycles. The van der Waals surface area contributed by atoms with Gasteiger partial charge in [-0.3, -0.25) is 9.36 Å². The first-order valence-electron chi connectivity index (χ1n) is 8.49. The van der Waals surface area contributed by atoms with Crippen LogP contribution in [0, 0.1) is 6.92 Å². The number of methoxy groups -OCH3 is 1. The van der Waals surface area contributed by atoms with E-state index in [0.717, 1.165) is 22.6 Å². The van der Waals surface area contributed by atoms with Crippen LogP contribution < -0.4 is 10.4 Å². The van der Waals surface area contributed by atoms with Gasteiger partial charge in [0.05, 0.1) is 24.5 Å². The zero-order chi connectivity index (χ0) is 18.8. The molecule has 0 fully saturated rings. The standard InChI is InChI=1S/C21H22N2O3/c1-14(17-8-6-5-7-9-17)23-20(15(2)22(16(3)24)21(23)25)18-10-12-19(26-4)13-11-18/h5-14H,1-4H3/t14-/m0/s1. The Morgan fingerprint density at radius 2 is 1.65 bits per heavy atom.